The number of benzene rings is 1. The van der Waals surface area contributed by atoms with Crippen molar-refractivity contribution in [1.82, 2.24) is 9.80 Å². The van der Waals surface area contributed by atoms with Crippen molar-refractivity contribution in [1.29, 1.82) is 0 Å². The van der Waals surface area contributed by atoms with Gasteiger partial charge in [-0.2, -0.15) is 0 Å². The molecule has 0 radical (unpaired) electrons. The summed E-state index contributed by atoms with van der Waals surface area (Å²) in [4.78, 5) is 78.8. The first-order valence-electron chi connectivity index (χ1n) is 15.3. The fourth-order valence-corrected chi connectivity index (χ4v) is 7.70. The van der Waals surface area contributed by atoms with E-state index in [2.05, 4.69) is 0 Å². The number of carboxylic acids is 2. The summed E-state index contributed by atoms with van der Waals surface area (Å²) in [6.07, 6.45) is 5.16. The van der Waals surface area contributed by atoms with E-state index in [1.807, 2.05) is 6.08 Å². The molecule has 3 fully saturated rings. The summed E-state index contributed by atoms with van der Waals surface area (Å²) in [7, 11) is 0. The maximum atomic E-state index is 14.6. The highest BCUT2D eigenvalue weighted by molar-refractivity contribution is 6.08. The maximum absolute atomic E-state index is 14.6. The van der Waals surface area contributed by atoms with E-state index in [9.17, 15) is 38.3 Å². The molecule has 236 valence electrons. The molecule has 1 saturated carbocycles. The number of hydrogen-bond acceptors (Lipinski definition) is 7. The Hall–Kier alpha value is -4.09. The van der Waals surface area contributed by atoms with Crippen molar-refractivity contribution < 1.29 is 48.5 Å². The van der Waals surface area contributed by atoms with Crippen LogP contribution in [0, 0.1) is 35.4 Å². The number of aromatic hydroxyl groups is 1. The van der Waals surface area contributed by atoms with Gasteiger partial charge in [-0.05, 0) is 62.1 Å². The number of imide groups is 2. The number of rotatable bonds is 13. The number of carbonyl (C=O) groups excluding carboxylic acids is 4. The first kappa shape index (κ1) is 31.3. The molecule has 1 aromatic rings. The van der Waals surface area contributed by atoms with E-state index in [0.29, 0.717) is 44.1 Å². The van der Waals surface area contributed by atoms with Gasteiger partial charge in [0.1, 0.15) is 0 Å². The molecule has 2 saturated heterocycles. The Morgan fingerprint density at radius 2 is 1.32 bits per heavy atom. The molecule has 5 rings (SSSR count). The Kier molecular flexibility index (Phi) is 9.17. The average molecular weight is 613 g/mol. The van der Waals surface area contributed by atoms with Crippen LogP contribution in [0.2, 0.25) is 0 Å². The number of unbranched alkanes of at least 4 members (excludes halogenated alkanes) is 4. The molecule has 3 N–H and O–H groups in total. The van der Waals surface area contributed by atoms with Gasteiger partial charge in [0.05, 0.1) is 23.7 Å². The lowest BCUT2D eigenvalue weighted by molar-refractivity contribution is -0.142. The molecule has 11 nitrogen and oxygen atoms in total. The van der Waals surface area contributed by atoms with Crippen LogP contribution in [-0.4, -0.2) is 73.8 Å². The van der Waals surface area contributed by atoms with Crippen molar-refractivity contribution in [2.75, 3.05) is 13.1 Å². The van der Waals surface area contributed by atoms with Gasteiger partial charge in [-0.15, -0.1) is 0 Å². The predicted molar refractivity (Wildman–Crippen MR) is 151 cm³/mol. The van der Waals surface area contributed by atoms with Gasteiger partial charge in [-0.3, -0.25) is 38.6 Å². The number of aliphatic carboxylic acids is 2. The van der Waals surface area contributed by atoms with Crippen LogP contribution in [0.15, 0.2) is 29.8 Å². The van der Waals surface area contributed by atoms with E-state index < -0.39 is 64.9 Å². The number of halogens is 1. The molecule has 6 unspecified atom stereocenters. The molecular formula is C32H37FN2O9. The number of amides is 4. The molecule has 12 heteroatoms. The number of nitrogens with zero attached hydrogens (tertiary/aromatic N) is 2. The Balaban J connectivity index is 1.41. The molecule has 2 aliphatic heterocycles. The summed E-state index contributed by atoms with van der Waals surface area (Å²) >= 11 is 0. The number of phenolic OH excluding ortho intramolecular Hbond substituents is 1. The predicted octanol–water partition coefficient (Wildman–Crippen LogP) is 3.46. The first-order chi connectivity index (χ1) is 21.0. The number of allylic oxidation sites excluding steroid dienone is 2. The molecule has 44 heavy (non-hydrogen) atoms. The topological polar surface area (TPSA) is 170 Å². The van der Waals surface area contributed by atoms with Gasteiger partial charge in [-0.1, -0.05) is 30.6 Å². The lowest BCUT2D eigenvalue weighted by Crippen LogP contribution is -2.43. The molecule has 0 aromatic heterocycles. The van der Waals surface area contributed by atoms with Crippen LogP contribution in [-0.2, 0) is 28.8 Å². The average Bonchev–Trinajstić information content (AvgIpc) is 3.36. The smallest absolute Gasteiger partial charge is 0.303 e. The normalized spacial score (nSPS) is 27.7. The SMILES string of the molecule is O=C(O)CCCCCN1C(=O)C2CC=C3C(CC4C(=O)N(CCCCCC(=O)O)C(=O)C4C3c3ccc(O)c(F)c3)C2C1=O. The summed E-state index contributed by atoms with van der Waals surface area (Å²) in [5, 5.41) is 27.6. The Morgan fingerprint density at radius 3 is 1.89 bits per heavy atom. The summed E-state index contributed by atoms with van der Waals surface area (Å²) in [5.74, 6) is -8.83. The molecule has 2 heterocycles. The molecule has 4 amide bonds. The Labute approximate surface area is 253 Å². The fourth-order valence-electron chi connectivity index (χ4n) is 7.70. The van der Waals surface area contributed by atoms with Gasteiger partial charge in [0, 0.05) is 31.8 Å². The van der Waals surface area contributed by atoms with Crippen molar-refractivity contribution in [2.24, 2.45) is 29.6 Å². The van der Waals surface area contributed by atoms with Crippen LogP contribution in [0.25, 0.3) is 0 Å². The second-order valence-electron chi connectivity index (χ2n) is 12.3. The van der Waals surface area contributed by atoms with E-state index in [4.69, 9.17) is 10.2 Å². The van der Waals surface area contributed by atoms with E-state index in [0.717, 1.165) is 11.6 Å². The fraction of sp³-hybridized carbons (Fsp3) is 0.562. The van der Waals surface area contributed by atoms with Crippen LogP contribution >= 0.6 is 0 Å². The minimum Gasteiger partial charge on any atom is -0.505 e. The van der Waals surface area contributed by atoms with Crippen LogP contribution < -0.4 is 0 Å². The summed E-state index contributed by atoms with van der Waals surface area (Å²) in [6, 6.07) is 3.88. The first-order valence-corrected chi connectivity index (χ1v) is 15.3. The quantitative estimate of drug-likeness (QED) is 0.172. The highest BCUT2D eigenvalue weighted by Crippen LogP contribution is 2.58. The van der Waals surface area contributed by atoms with Gasteiger partial charge >= 0.3 is 11.9 Å². The van der Waals surface area contributed by atoms with Gasteiger partial charge in [0.25, 0.3) is 0 Å². The highest BCUT2D eigenvalue weighted by Gasteiger charge is 2.61. The molecule has 2 aliphatic carbocycles. The third-order valence-corrected chi connectivity index (χ3v) is 9.71. The Morgan fingerprint density at radius 1 is 0.750 bits per heavy atom. The second-order valence-corrected chi connectivity index (χ2v) is 12.3. The minimum absolute atomic E-state index is 0.00781. The van der Waals surface area contributed by atoms with Crippen molar-refractivity contribution in [3.63, 3.8) is 0 Å². The van der Waals surface area contributed by atoms with Crippen molar-refractivity contribution in [3.05, 3.63) is 41.2 Å². The van der Waals surface area contributed by atoms with Gasteiger partial charge in [0.2, 0.25) is 23.6 Å². The van der Waals surface area contributed by atoms with Crippen LogP contribution in [0.4, 0.5) is 4.39 Å². The molecule has 1 aromatic carbocycles. The van der Waals surface area contributed by atoms with E-state index in [1.165, 1.54) is 21.9 Å². The zero-order valence-electron chi connectivity index (χ0n) is 24.3. The van der Waals surface area contributed by atoms with Crippen molar-refractivity contribution in [2.45, 2.75) is 70.1 Å². The monoisotopic (exact) mass is 612 g/mol. The standard InChI is InChI=1S/C32H37FN2O9/c33-22-15-17(9-12-23(22)36)26-18-10-11-19-27(31(43)34(29(19)41)13-5-1-3-7-24(37)38)20(18)16-21-28(26)32(44)35(30(21)42)14-6-2-4-8-25(39)40/h9-10,12,15,19-21,26-28,36H,1-8,11,13-14,16H2,(H,37,38)(H,39,40). The summed E-state index contributed by atoms with van der Waals surface area (Å²) < 4.78 is 14.6. The maximum Gasteiger partial charge on any atom is 0.303 e. The number of carboxylic acid groups (broad SMARTS) is 2. The molecule has 0 bridgehead atoms. The number of likely N-dealkylation sites (tertiary alicyclic amines) is 2. The third kappa shape index (κ3) is 5.86. The number of carbonyl (C=O) groups is 6. The lowest BCUT2D eigenvalue weighted by atomic mass is 9.57. The molecular weight excluding hydrogens is 575 g/mol. The number of hydrogen-bond donors (Lipinski definition) is 3. The van der Waals surface area contributed by atoms with E-state index in [-0.39, 0.29) is 56.5 Å². The largest absolute Gasteiger partial charge is 0.505 e. The van der Waals surface area contributed by atoms with E-state index >= 15 is 0 Å². The molecule has 4 aliphatic rings. The lowest BCUT2D eigenvalue weighted by Gasteiger charge is -2.44. The third-order valence-electron chi connectivity index (χ3n) is 9.71. The van der Waals surface area contributed by atoms with Crippen LogP contribution in [0.3, 0.4) is 0 Å². The van der Waals surface area contributed by atoms with Crippen LogP contribution in [0.1, 0.15) is 75.7 Å². The zero-order valence-corrected chi connectivity index (χ0v) is 24.3. The Bertz CT molecular complexity index is 1410. The van der Waals surface area contributed by atoms with Gasteiger partial charge in [-0.25, -0.2) is 4.39 Å². The van der Waals surface area contributed by atoms with Gasteiger partial charge in [0.15, 0.2) is 11.6 Å². The van der Waals surface area contributed by atoms with Gasteiger partial charge < -0.3 is 15.3 Å². The summed E-state index contributed by atoms with van der Waals surface area (Å²) in [6.45, 7) is 0.307. The number of phenols is 1. The van der Waals surface area contributed by atoms with Crippen LogP contribution in [0.5, 0.6) is 5.75 Å². The van der Waals surface area contributed by atoms with E-state index in [1.54, 1.807) is 0 Å². The summed E-state index contributed by atoms with van der Waals surface area (Å²) in [5.41, 5.74) is 1.13. The minimum atomic E-state index is -0.917. The molecule has 0 spiro atoms. The second kappa shape index (κ2) is 12.9. The number of fused-ring (bicyclic) bond motifs is 4. The highest BCUT2D eigenvalue weighted by atomic mass is 19.1. The van der Waals surface area contributed by atoms with Crippen molar-refractivity contribution >= 4 is 35.6 Å². The van der Waals surface area contributed by atoms with Crippen molar-refractivity contribution in [3.8, 4) is 5.75 Å². The zero-order chi connectivity index (χ0) is 31.7. The molecule has 6 atom stereocenters.